The van der Waals surface area contributed by atoms with Crippen LogP contribution in [0.1, 0.15) is 27.7 Å². The second-order valence-corrected chi connectivity index (χ2v) is 6.23. The second kappa shape index (κ2) is 6.06. The quantitative estimate of drug-likeness (QED) is 0.571. The van der Waals surface area contributed by atoms with Crippen LogP contribution in [-0.4, -0.2) is 23.2 Å². The molecule has 0 aliphatic rings. The van der Waals surface area contributed by atoms with Crippen LogP contribution in [0.2, 0.25) is 5.15 Å². The van der Waals surface area contributed by atoms with E-state index in [0.29, 0.717) is 17.4 Å². The zero-order chi connectivity index (χ0) is 13.9. The number of carbonyl (C=O) groups excluding carboxylic acids is 1. The molecular weight excluding hydrogens is 367 g/mol. The minimum atomic E-state index is -0.518. The fourth-order valence-corrected chi connectivity index (χ4v) is 2.38. The van der Waals surface area contributed by atoms with Crippen molar-refractivity contribution in [3.63, 3.8) is 0 Å². The number of halogens is 2. The fraction of sp³-hybridized carbons (Fsp3) is 0.500. The van der Waals surface area contributed by atoms with Crippen LogP contribution < -0.4 is 4.90 Å². The van der Waals surface area contributed by atoms with E-state index in [-0.39, 0.29) is 6.09 Å². The van der Waals surface area contributed by atoms with Crippen LogP contribution in [0.5, 0.6) is 0 Å². The highest BCUT2D eigenvalue weighted by molar-refractivity contribution is 14.1. The maximum atomic E-state index is 12.1. The highest BCUT2D eigenvalue weighted by Gasteiger charge is 2.23. The van der Waals surface area contributed by atoms with E-state index in [4.69, 9.17) is 16.3 Å². The summed E-state index contributed by atoms with van der Waals surface area (Å²) in [7, 11) is 0. The van der Waals surface area contributed by atoms with Crippen molar-refractivity contribution in [3.8, 4) is 0 Å². The first-order valence-electron chi connectivity index (χ1n) is 5.56. The van der Waals surface area contributed by atoms with Crippen LogP contribution in [0, 0.1) is 3.57 Å². The molecule has 1 aromatic heterocycles. The van der Waals surface area contributed by atoms with Crippen LogP contribution >= 0.6 is 34.2 Å². The van der Waals surface area contributed by atoms with E-state index < -0.39 is 5.60 Å². The van der Waals surface area contributed by atoms with Crippen molar-refractivity contribution in [2.45, 2.75) is 33.3 Å². The number of nitrogens with zero attached hydrogens (tertiary/aromatic N) is 2. The molecule has 0 bridgehead atoms. The minimum absolute atomic E-state index is 0.382. The molecule has 0 aromatic carbocycles. The summed E-state index contributed by atoms with van der Waals surface area (Å²) >= 11 is 7.92. The molecule has 18 heavy (non-hydrogen) atoms. The van der Waals surface area contributed by atoms with Gasteiger partial charge in [0.05, 0.1) is 11.9 Å². The van der Waals surface area contributed by atoms with Gasteiger partial charge in [-0.1, -0.05) is 11.6 Å². The first-order valence-corrected chi connectivity index (χ1v) is 7.02. The SMILES string of the molecule is CCN(C(=O)OC(C)(C)C)c1cnc(Cl)cc1I. The predicted octanol–water partition coefficient (Wildman–Crippen LogP) is 4.10. The fourth-order valence-electron chi connectivity index (χ4n) is 1.31. The lowest BCUT2D eigenvalue weighted by atomic mass is 10.2. The Morgan fingerprint density at radius 2 is 2.17 bits per heavy atom. The van der Waals surface area contributed by atoms with Gasteiger partial charge in [0.25, 0.3) is 0 Å². The smallest absolute Gasteiger partial charge is 0.414 e. The normalized spacial score (nSPS) is 11.2. The van der Waals surface area contributed by atoms with Gasteiger partial charge in [0, 0.05) is 10.1 Å². The zero-order valence-corrected chi connectivity index (χ0v) is 13.7. The number of ether oxygens (including phenoxy) is 1. The number of rotatable bonds is 2. The average molecular weight is 383 g/mol. The van der Waals surface area contributed by atoms with Crippen molar-refractivity contribution < 1.29 is 9.53 Å². The summed E-state index contributed by atoms with van der Waals surface area (Å²) in [4.78, 5) is 17.6. The van der Waals surface area contributed by atoms with Gasteiger partial charge in [-0.2, -0.15) is 0 Å². The Bertz CT molecular complexity index is 446. The molecule has 0 unspecified atom stereocenters. The summed E-state index contributed by atoms with van der Waals surface area (Å²) in [5, 5.41) is 0.406. The molecule has 0 saturated carbocycles. The molecule has 0 fully saturated rings. The van der Waals surface area contributed by atoms with E-state index in [1.807, 2.05) is 27.7 Å². The third kappa shape index (κ3) is 4.28. The number of hydrogen-bond donors (Lipinski definition) is 0. The van der Waals surface area contributed by atoms with Crippen LogP contribution in [0.15, 0.2) is 12.3 Å². The number of pyridine rings is 1. The highest BCUT2D eigenvalue weighted by Crippen LogP contribution is 2.25. The Kier molecular flexibility index (Phi) is 5.21. The Labute approximate surface area is 126 Å². The van der Waals surface area contributed by atoms with E-state index in [1.165, 1.54) is 4.90 Å². The van der Waals surface area contributed by atoms with E-state index >= 15 is 0 Å². The molecular formula is C12H16ClIN2O2. The summed E-state index contributed by atoms with van der Waals surface area (Å²) in [5.41, 5.74) is 0.187. The van der Waals surface area contributed by atoms with Gasteiger partial charge in [0.2, 0.25) is 0 Å². The van der Waals surface area contributed by atoms with Gasteiger partial charge < -0.3 is 4.74 Å². The summed E-state index contributed by atoms with van der Waals surface area (Å²) in [6.07, 6.45) is 1.20. The standard InChI is InChI=1S/C12H16ClIN2O2/c1-5-16(11(17)18-12(2,3)4)9-7-15-10(13)6-8(9)14/h6-7H,5H2,1-4H3. The molecule has 0 N–H and O–H groups in total. The van der Waals surface area contributed by atoms with Crippen LogP contribution in [0.25, 0.3) is 0 Å². The topological polar surface area (TPSA) is 42.4 Å². The molecule has 0 radical (unpaired) electrons. The third-order valence-electron chi connectivity index (χ3n) is 2.02. The van der Waals surface area contributed by atoms with E-state index in [2.05, 4.69) is 27.6 Å². The van der Waals surface area contributed by atoms with Gasteiger partial charge in [-0.15, -0.1) is 0 Å². The summed E-state index contributed by atoms with van der Waals surface area (Å²) in [6.45, 7) is 7.90. The van der Waals surface area contributed by atoms with Gasteiger partial charge in [-0.05, 0) is 56.4 Å². The molecule has 0 saturated heterocycles. The maximum absolute atomic E-state index is 12.1. The van der Waals surface area contributed by atoms with E-state index in [1.54, 1.807) is 12.3 Å². The van der Waals surface area contributed by atoms with Crippen LogP contribution in [0.4, 0.5) is 10.5 Å². The minimum Gasteiger partial charge on any atom is -0.443 e. The largest absolute Gasteiger partial charge is 0.443 e. The molecule has 0 aliphatic heterocycles. The van der Waals surface area contributed by atoms with Crippen LogP contribution in [0.3, 0.4) is 0 Å². The highest BCUT2D eigenvalue weighted by atomic mass is 127. The first kappa shape index (κ1) is 15.5. The van der Waals surface area contributed by atoms with Crippen LogP contribution in [-0.2, 0) is 4.74 Å². The average Bonchev–Trinajstić information content (AvgIpc) is 2.19. The van der Waals surface area contributed by atoms with Crippen molar-refractivity contribution in [2.24, 2.45) is 0 Å². The predicted molar refractivity (Wildman–Crippen MR) is 81.2 cm³/mol. The summed E-state index contributed by atoms with van der Waals surface area (Å²) in [6, 6.07) is 1.71. The number of carbonyl (C=O) groups is 1. The number of anilines is 1. The first-order chi connectivity index (χ1) is 8.24. The van der Waals surface area contributed by atoms with Crippen molar-refractivity contribution in [3.05, 3.63) is 21.0 Å². The molecule has 4 nitrogen and oxygen atoms in total. The Hall–Kier alpha value is -0.560. The van der Waals surface area contributed by atoms with Crippen molar-refractivity contribution in [1.29, 1.82) is 0 Å². The van der Waals surface area contributed by atoms with Crippen molar-refractivity contribution in [1.82, 2.24) is 4.98 Å². The van der Waals surface area contributed by atoms with Gasteiger partial charge >= 0.3 is 6.09 Å². The van der Waals surface area contributed by atoms with Gasteiger partial charge in [-0.25, -0.2) is 9.78 Å². The Morgan fingerprint density at radius 3 is 2.61 bits per heavy atom. The molecule has 100 valence electrons. The molecule has 1 aromatic rings. The van der Waals surface area contributed by atoms with E-state index in [0.717, 1.165) is 3.57 Å². The Morgan fingerprint density at radius 1 is 1.56 bits per heavy atom. The van der Waals surface area contributed by atoms with Crippen molar-refractivity contribution >= 4 is 46.0 Å². The molecule has 1 heterocycles. The molecule has 1 amide bonds. The van der Waals surface area contributed by atoms with Gasteiger partial charge in [0.15, 0.2) is 0 Å². The molecule has 1 rings (SSSR count). The van der Waals surface area contributed by atoms with Gasteiger partial charge in [0.1, 0.15) is 10.8 Å². The summed E-state index contributed by atoms with van der Waals surface area (Å²) < 4.78 is 6.21. The van der Waals surface area contributed by atoms with Gasteiger partial charge in [-0.3, -0.25) is 4.90 Å². The lowest BCUT2D eigenvalue weighted by molar-refractivity contribution is 0.0582. The zero-order valence-electron chi connectivity index (χ0n) is 10.8. The Balaban J connectivity index is 2.99. The molecule has 0 atom stereocenters. The number of aromatic nitrogens is 1. The number of hydrogen-bond acceptors (Lipinski definition) is 3. The monoisotopic (exact) mass is 382 g/mol. The molecule has 0 spiro atoms. The molecule has 6 heteroatoms. The lowest BCUT2D eigenvalue weighted by Gasteiger charge is -2.27. The number of amides is 1. The maximum Gasteiger partial charge on any atom is 0.414 e. The van der Waals surface area contributed by atoms with E-state index in [9.17, 15) is 4.79 Å². The summed E-state index contributed by atoms with van der Waals surface area (Å²) in [5.74, 6) is 0. The lowest BCUT2D eigenvalue weighted by Crippen LogP contribution is -2.37. The van der Waals surface area contributed by atoms with Crippen molar-refractivity contribution in [2.75, 3.05) is 11.4 Å². The second-order valence-electron chi connectivity index (χ2n) is 4.68. The third-order valence-corrected chi connectivity index (χ3v) is 3.09. The molecule has 0 aliphatic carbocycles.